The summed E-state index contributed by atoms with van der Waals surface area (Å²) in [6.07, 6.45) is 0.531. The van der Waals surface area contributed by atoms with E-state index in [0.29, 0.717) is 6.42 Å². The third-order valence-corrected chi connectivity index (χ3v) is 3.03. The van der Waals surface area contributed by atoms with Gasteiger partial charge in [-0.25, -0.2) is 0 Å². The van der Waals surface area contributed by atoms with Gasteiger partial charge in [0.2, 0.25) is 0 Å². The van der Waals surface area contributed by atoms with E-state index in [-0.39, 0.29) is 6.61 Å². The number of likely N-dealkylation sites (N-methyl/N-ethyl adjacent to an activating group) is 1. The maximum absolute atomic E-state index is 8.69. The van der Waals surface area contributed by atoms with Gasteiger partial charge in [-0.1, -0.05) is 30.9 Å². The molecule has 0 saturated heterocycles. The minimum absolute atomic E-state index is 0.121. The summed E-state index contributed by atoms with van der Waals surface area (Å²) in [5.74, 6) is 5.97. The number of nitrogens with zero attached hydrogens (tertiary/aromatic N) is 1. The molecule has 110 valence electrons. The van der Waals surface area contributed by atoms with Gasteiger partial charge in [0.05, 0.1) is 13.2 Å². The van der Waals surface area contributed by atoms with Crippen molar-refractivity contribution in [1.29, 1.82) is 0 Å². The molecule has 3 heteroatoms. The molecule has 1 rings (SSSR count). The largest absolute Gasteiger partial charge is 0.395 e. The van der Waals surface area contributed by atoms with Crippen LogP contribution in [0.5, 0.6) is 0 Å². The van der Waals surface area contributed by atoms with Gasteiger partial charge in [0.1, 0.15) is 0 Å². The topological polar surface area (TPSA) is 32.7 Å². The van der Waals surface area contributed by atoms with Crippen LogP contribution in [0, 0.1) is 11.8 Å². The zero-order valence-electron chi connectivity index (χ0n) is 12.6. The van der Waals surface area contributed by atoms with Crippen LogP contribution in [0.2, 0.25) is 0 Å². The first kappa shape index (κ1) is 16.7. The van der Waals surface area contributed by atoms with Crippen molar-refractivity contribution in [2.75, 3.05) is 32.9 Å². The van der Waals surface area contributed by atoms with Crippen molar-refractivity contribution in [3.8, 4) is 11.8 Å². The number of ether oxygens (including phenoxy) is 1. The van der Waals surface area contributed by atoms with Crippen LogP contribution in [0.1, 0.15) is 31.4 Å². The lowest BCUT2D eigenvalue weighted by molar-refractivity contribution is 0.113. The standard InChI is InChI=1S/C17H25NO2/c1-3-18(12-14-20-4-2)15-17-10-8-16(9-11-17)7-5-6-13-19/h8-11,19H,3-4,6,12-15H2,1-2H3. The summed E-state index contributed by atoms with van der Waals surface area (Å²) in [6.45, 7) is 8.79. The number of benzene rings is 1. The van der Waals surface area contributed by atoms with Gasteiger partial charge >= 0.3 is 0 Å². The highest BCUT2D eigenvalue weighted by Gasteiger charge is 2.03. The molecule has 20 heavy (non-hydrogen) atoms. The third-order valence-electron chi connectivity index (χ3n) is 3.03. The third kappa shape index (κ3) is 6.72. The van der Waals surface area contributed by atoms with Crippen molar-refractivity contribution in [2.24, 2.45) is 0 Å². The molecule has 0 atom stereocenters. The Morgan fingerprint density at radius 2 is 1.95 bits per heavy atom. The van der Waals surface area contributed by atoms with E-state index < -0.39 is 0 Å². The summed E-state index contributed by atoms with van der Waals surface area (Å²) in [5.41, 5.74) is 2.29. The van der Waals surface area contributed by atoms with Crippen molar-refractivity contribution in [3.63, 3.8) is 0 Å². The lowest BCUT2D eigenvalue weighted by Gasteiger charge is -2.20. The smallest absolute Gasteiger partial charge is 0.0593 e. The summed E-state index contributed by atoms with van der Waals surface area (Å²) < 4.78 is 5.40. The van der Waals surface area contributed by atoms with Crippen molar-refractivity contribution < 1.29 is 9.84 Å². The molecular formula is C17H25NO2. The van der Waals surface area contributed by atoms with Crippen LogP contribution in [0.15, 0.2) is 24.3 Å². The van der Waals surface area contributed by atoms with Gasteiger partial charge in [-0.05, 0) is 31.2 Å². The summed E-state index contributed by atoms with van der Waals surface area (Å²) in [6, 6.07) is 8.31. The second-order valence-electron chi connectivity index (χ2n) is 4.54. The fourth-order valence-electron chi connectivity index (χ4n) is 1.86. The van der Waals surface area contributed by atoms with Crippen molar-refractivity contribution in [2.45, 2.75) is 26.8 Å². The molecular weight excluding hydrogens is 250 g/mol. The van der Waals surface area contributed by atoms with Crippen LogP contribution in [0.25, 0.3) is 0 Å². The highest BCUT2D eigenvalue weighted by Crippen LogP contribution is 2.07. The van der Waals surface area contributed by atoms with Gasteiger partial charge in [0.15, 0.2) is 0 Å². The molecule has 0 aliphatic rings. The van der Waals surface area contributed by atoms with Crippen molar-refractivity contribution >= 4 is 0 Å². The van der Waals surface area contributed by atoms with E-state index in [4.69, 9.17) is 9.84 Å². The summed E-state index contributed by atoms with van der Waals surface area (Å²) in [4.78, 5) is 2.36. The zero-order chi connectivity index (χ0) is 14.6. The number of aliphatic hydroxyl groups is 1. The molecule has 0 spiro atoms. The Hall–Kier alpha value is -1.34. The predicted octanol–water partition coefficient (Wildman–Crippen LogP) is 2.28. The van der Waals surface area contributed by atoms with Crippen LogP contribution in [0.3, 0.4) is 0 Å². The highest BCUT2D eigenvalue weighted by molar-refractivity contribution is 5.36. The zero-order valence-corrected chi connectivity index (χ0v) is 12.6. The Balaban J connectivity index is 2.49. The van der Waals surface area contributed by atoms with E-state index in [9.17, 15) is 0 Å². The molecule has 0 amide bonds. The molecule has 0 aromatic heterocycles. The minimum atomic E-state index is 0.121. The van der Waals surface area contributed by atoms with Gasteiger partial charge < -0.3 is 9.84 Å². The van der Waals surface area contributed by atoms with Gasteiger partial charge in [0.25, 0.3) is 0 Å². The summed E-state index contributed by atoms with van der Waals surface area (Å²) in [5, 5.41) is 8.69. The SMILES string of the molecule is CCOCCN(CC)Cc1ccc(C#CCCO)cc1. The first-order chi connectivity index (χ1) is 9.80. The lowest BCUT2D eigenvalue weighted by Crippen LogP contribution is -2.27. The quantitative estimate of drug-likeness (QED) is 0.583. The monoisotopic (exact) mass is 275 g/mol. The van der Waals surface area contributed by atoms with Crippen LogP contribution >= 0.6 is 0 Å². The number of hydrogen-bond acceptors (Lipinski definition) is 3. The van der Waals surface area contributed by atoms with E-state index in [2.05, 4.69) is 35.8 Å². The van der Waals surface area contributed by atoms with Gasteiger partial charge in [0, 0.05) is 31.7 Å². The molecule has 0 bridgehead atoms. The van der Waals surface area contributed by atoms with Crippen molar-refractivity contribution in [3.05, 3.63) is 35.4 Å². The Morgan fingerprint density at radius 3 is 2.55 bits per heavy atom. The minimum Gasteiger partial charge on any atom is -0.395 e. The molecule has 0 saturated carbocycles. The Kier molecular flexibility index (Phi) is 8.73. The molecule has 0 aliphatic heterocycles. The first-order valence-electron chi connectivity index (χ1n) is 7.28. The number of rotatable bonds is 8. The Bertz CT molecular complexity index is 417. The predicted molar refractivity (Wildman–Crippen MR) is 82.5 cm³/mol. The summed E-state index contributed by atoms with van der Waals surface area (Å²) >= 11 is 0. The van der Waals surface area contributed by atoms with Gasteiger partial charge in [-0.15, -0.1) is 0 Å². The maximum atomic E-state index is 8.69. The fourth-order valence-corrected chi connectivity index (χ4v) is 1.86. The molecule has 1 aromatic rings. The molecule has 0 heterocycles. The molecule has 0 fully saturated rings. The average Bonchev–Trinajstić information content (AvgIpc) is 2.48. The van der Waals surface area contributed by atoms with Crippen LogP contribution in [-0.4, -0.2) is 42.9 Å². The first-order valence-corrected chi connectivity index (χ1v) is 7.28. The second kappa shape index (κ2) is 10.4. The Morgan fingerprint density at radius 1 is 1.20 bits per heavy atom. The molecule has 1 N–H and O–H groups in total. The van der Waals surface area contributed by atoms with Crippen LogP contribution < -0.4 is 0 Å². The van der Waals surface area contributed by atoms with E-state index in [1.54, 1.807) is 0 Å². The normalized spacial score (nSPS) is 10.4. The molecule has 0 radical (unpaired) electrons. The van der Waals surface area contributed by atoms with E-state index in [0.717, 1.165) is 38.4 Å². The number of hydrogen-bond donors (Lipinski definition) is 1. The molecule has 0 aliphatic carbocycles. The van der Waals surface area contributed by atoms with Gasteiger partial charge in [-0.3, -0.25) is 4.90 Å². The molecule has 1 aromatic carbocycles. The van der Waals surface area contributed by atoms with Gasteiger partial charge in [-0.2, -0.15) is 0 Å². The van der Waals surface area contributed by atoms with E-state index >= 15 is 0 Å². The van der Waals surface area contributed by atoms with E-state index in [1.807, 2.05) is 19.1 Å². The lowest BCUT2D eigenvalue weighted by atomic mass is 10.1. The maximum Gasteiger partial charge on any atom is 0.0593 e. The molecule has 3 nitrogen and oxygen atoms in total. The highest BCUT2D eigenvalue weighted by atomic mass is 16.5. The van der Waals surface area contributed by atoms with Crippen molar-refractivity contribution in [1.82, 2.24) is 4.90 Å². The van der Waals surface area contributed by atoms with Crippen LogP contribution in [0.4, 0.5) is 0 Å². The number of aliphatic hydroxyl groups excluding tert-OH is 1. The summed E-state index contributed by atoms with van der Waals surface area (Å²) in [7, 11) is 0. The molecule has 0 unspecified atom stereocenters. The fraction of sp³-hybridized carbons (Fsp3) is 0.529. The van der Waals surface area contributed by atoms with Crippen LogP contribution in [-0.2, 0) is 11.3 Å². The second-order valence-corrected chi connectivity index (χ2v) is 4.54. The Labute approximate surface area is 122 Å². The average molecular weight is 275 g/mol. The van der Waals surface area contributed by atoms with E-state index in [1.165, 1.54) is 5.56 Å².